The lowest BCUT2D eigenvalue weighted by Crippen LogP contribution is -2.50. The number of pyridine rings is 1. The van der Waals surface area contributed by atoms with Gasteiger partial charge >= 0.3 is 0 Å². The average Bonchev–Trinajstić information content (AvgIpc) is 3.50. The number of nitrogens with zero attached hydrogens (tertiary/aromatic N) is 7. The van der Waals surface area contributed by atoms with Crippen molar-refractivity contribution in [3.63, 3.8) is 0 Å². The van der Waals surface area contributed by atoms with Crippen LogP contribution in [0.25, 0.3) is 27.6 Å². The van der Waals surface area contributed by atoms with E-state index in [4.69, 9.17) is 14.8 Å². The summed E-state index contributed by atoms with van der Waals surface area (Å²) >= 11 is 1.72. The Labute approximate surface area is 191 Å². The van der Waals surface area contributed by atoms with Crippen LogP contribution in [-0.2, 0) is 0 Å². The molecule has 1 fully saturated rings. The van der Waals surface area contributed by atoms with Crippen LogP contribution in [0.1, 0.15) is 32.3 Å². The molecule has 0 bridgehead atoms. The normalized spacial score (nSPS) is 17.6. The standard InChI is InChI=1S/C22H28N8OS/c1-13(2)18-19(15-8-16(31-5)21-24-12-25-30(21)11-15)26-27-20(18)22-23-9-17(32-22)29-7-6-28(4)10-14(29)3/h8-9,11-14H,6-7,10H2,1-5H3,(H,26,27)/t14-/m1/s1. The monoisotopic (exact) mass is 452 g/mol. The maximum atomic E-state index is 5.55. The highest BCUT2D eigenvalue weighted by molar-refractivity contribution is 7.18. The van der Waals surface area contributed by atoms with E-state index in [9.17, 15) is 0 Å². The van der Waals surface area contributed by atoms with Crippen LogP contribution >= 0.6 is 11.3 Å². The highest BCUT2D eigenvalue weighted by Gasteiger charge is 2.26. The molecule has 1 saturated heterocycles. The molecule has 0 aliphatic carbocycles. The number of methoxy groups -OCH3 is 1. The number of H-pyrrole nitrogens is 1. The Morgan fingerprint density at radius 2 is 2.09 bits per heavy atom. The van der Waals surface area contributed by atoms with Crippen LogP contribution in [0.15, 0.2) is 24.8 Å². The van der Waals surface area contributed by atoms with E-state index >= 15 is 0 Å². The van der Waals surface area contributed by atoms with Crippen molar-refractivity contribution >= 4 is 22.0 Å². The van der Waals surface area contributed by atoms with Crippen LogP contribution < -0.4 is 9.64 Å². The Kier molecular flexibility index (Phi) is 5.34. The van der Waals surface area contributed by atoms with E-state index in [-0.39, 0.29) is 5.92 Å². The summed E-state index contributed by atoms with van der Waals surface area (Å²) in [7, 11) is 3.82. The summed E-state index contributed by atoms with van der Waals surface area (Å²) in [4.78, 5) is 13.9. The molecule has 1 N–H and O–H groups in total. The van der Waals surface area contributed by atoms with Gasteiger partial charge in [0.05, 0.1) is 24.7 Å². The third-order valence-electron chi connectivity index (χ3n) is 6.04. The number of hydrogen-bond donors (Lipinski definition) is 1. The Morgan fingerprint density at radius 1 is 1.25 bits per heavy atom. The second kappa shape index (κ2) is 8.18. The maximum absolute atomic E-state index is 5.55. The molecule has 5 heterocycles. The van der Waals surface area contributed by atoms with E-state index in [1.54, 1.807) is 23.0 Å². The fourth-order valence-electron chi connectivity index (χ4n) is 4.45. The van der Waals surface area contributed by atoms with Crippen molar-refractivity contribution in [2.75, 3.05) is 38.7 Å². The molecule has 0 radical (unpaired) electrons. The summed E-state index contributed by atoms with van der Waals surface area (Å²) in [6, 6.07) is 2.43. The summed E-state index contributed by atoms with van der Waals surface area (Å²) < 4.78 is 7.27. The van der Waals surface area contributed by atoms with E-state index < -0.39 is 0 Å². The number of nitrogens with one attached hydrogen (secondary N) is 1. The highest BCUT2D eigenvalue weighted by Crippen LogP contribution is 2.40. The number of aromatic amines is 1. The lowest BCUT2D eigenvalue weighted by Gasteiger charge is -2.38. The van der Waals surface area contributed by atoms with Crippen LogP contribution in [0, 0.1) is 0 Å². The van der Waals surface area contributed by atoms with Crippen molar-refractivity contribution in [2.45, 2.75) is 32.7 Å². The first kappa shape index (κ1) is 20.9. The van der Waals surface area contributed by atoms with Crippen LogP contribution in [0.5, 0.6) is 5.75 Å². The second-order valence-corrected chi connectivity index (χ2v) is 9.66. The number of thiazole rings is 1. The molecule has 32 heavy (non-hydrogen) atoms. The molecule has 1 atom stereocenters. The van der Waals surface area contributed by atoms with Crippen molar-refractivity contribution in [1.82, 2.24) is 34.7 Å². The van der Waals surface area contributed by atoms with Gasteiger partial charge in [0.2, 0.25) is 0 Å². The highest BCUT2D eigenvalue weighted by atomic mass is 32.1. The molecule has 0 spiro atoms. The minimum Gasteiger partial charge on any atom is -0.493 e. The Morgan fingerprint density at radius 3 is 2.84 bits per heavy atom. The molecule has 9 nitrogen and oxygen atoms in total. The molecule has 1 aliphatic rings. The van der Waals surface area contributed by atoms with E-state index in [0.717, 1.165) is 47.2 Å². The number of aromatic nitrogens is 6. The third-order valence-corrected chi connectivity index (χ3v) is 7.09. The van der Waals surface area contributed by atoms with E-state index in [0.29, 0.717) is 17.4 Å². The Bertz CT molecular complexity index is 1240. The van der Waals surface area contributed by atoms with Gasteiger partial charge in [0.15, 0.2) is 11.4 Å². The number of likely N-dealkylation sites (N-methyl/N-ethyl adjacent to an activating group) is 1. The quantitative estimate of drug-likeness (QED) is 0.496. The predicted octanol–water partition coefficient (Wildman–Crippen LogP) is 3.52. The summed E-state index contributed by atoms with van der Waals surface area (Å²) in [5.41, 5.74) is 4.61. The second-order valence-electron chi connectivity index (χ2n) is 8.65. The van der Waals surface area contributed by atoms with Gasteiger partial charge < -0.3 is 14.5 Å². The van der Waals surface area contributed by atoms with Gasteiger partial charge in [-0.05, 0) is 26.0 Å². The molecular weight excluding hydrogens is 424 g/mol. The molecule has 0 aromatic carbocycles. The zero-order valence-corrected chi connectivity index (χ0v) is 19.8. The largest absolute Gasteiger partial charge is 0.493 e. The summed E-state index contributed by atoms with van der Waals surface area (Å²) in [5.74, 6) is 0.922. The minimum atomic E-state index is 0.256. The van der Waals surface area contributed by atoms with E-state index in [1.807, 2.05) is 18.5 Å². The predicted molar refractivity (Wildman–Crippen MR) is 127 cm³/mol. The summed E-state index contributed by atoms with van der Waals surface area (Å²) in [6.45, 7) is 9.78. The topological polar surface area (TPSA) is 87.5 Å². The maximum Gasteiger partial charge on any atom is 0.197 e. The first-order chi connectivity index (χ1) is 15.5. The summed E-state index contributed by atoms with van der Waals surface area (Å²) in [6.07, 6.45) is 5.46. The smallest absolute Gasteiger partial charge is 0.197 e. The first-order valence-electron chi connectivity index (χ1n) is 10.8. The first-order valence-corrected chi connectivity index (χ1v) is 11.6. The molecule has 10 heteroatoms. The number of hydrogen-bond acceptors (Lipinski definition) is 8. The van der Waals surface area contributed by atoms with Crippen molar-refractivity contribution in [1.29, 1.82) is 0 Å². The zero-order valence-electron chi connectivity index (χ0n) is 19.0. The molecule has 0 unspecified atom stereocenters. The average molecular weight is 453 g/mol. The zero-order chi connectivity index (χ0) is 22.4. The van der Waals surface area contributed by atoms with Crippen LogP contribution in [0.4, 0.5) is 5.00 Å². The van der Waals surface area contributed by atoms with Crippen molar-refractivity contribution < 1.29 is 4.74 Å². The van der Waals surface area contributed by atoms with Gasteiger partial charge in [-0.15, -0.1) is 0 Å². The number of anilines is 1. The van der Waals surface area contributed by atoms with Crippen molar-refractivity contribution in [3.05, 3.63) is 30.4 Å². The van der Waals surface area contributed by atoms with E-state index in [1.165, 1.54) is 11.3 Å². The number of fused-ring (bicyclic) bond motifs is 1. The number of ether oxygens (including phenoxy) is 1. The van der Waals surface area contributed by atoms with Crippen LogP contribution in [-0.4, -0.2) is 74.5 Å². The minimum absolute atomic E-state index is 0.256. The molecule has 0 saturated carbocycles. The molecule has 168 valence electrons. The van der Waals surface area contributed by atoms with Gasteiger partial charge in [0, 0.05) is 43.0 Å². The molecule has 5 rings (SSSR count). The van der Waals surface area contributed by atoms with Gasteiger partial charge in [-0.3, -0.25) is 5.10 Å². The van der Waals surface area contributed by atoms with Gasteiger partial charge in [-0.1, -0.05) is 25.2 Å². The molecule has 0 amide bonds. The number of piperazine rings is 1. The molecular formula is C22H28N8OS. The van der Waals surface area contributed by atoms with Crippen molar-refractivity contribution in [2.24, 2.45) is 0 Å². The fraction of sp³-hybridized carbons (Fsp3) is 0.455. The molecule has 4 aromatic heterocycles. The van der Waals surface area contributed by atoms with Gasteiger partial charge in [-0.25, -0.2) is 14.5 Å². The Balaban J connectivity index is 1.54. The van der Waals surface area contributed by atoms with Gasteiger partial charge in [-0.2, -0.15) is 10.2 Å². The van der Waals surface area contributed by atoms with Crippen LogP contribution in [0.3, 0.4) is 0 Å². The third kappa shape index (κ3) is 3.53. The Hall–Kier alpha value is -2.98. The van der Waals surface area contributed by atoms with Gasteiger partial charge in [0.1, 0.15) is 16.3 Å². The fourth-order valence-corrected chi connectivity index (χ4v) is 5.51. The summed E-state index contributed by atoms with van der Waals surface area (Å²) in [5, 5.41) is 14.4. The van der Waals surface area contributed by atoms with Crippen molar-refractivity contribution in [3.8, 4) is 27.7 Å². The molecule has 1 aliphatic heterocycles. The molecule has 4 aromatic rings. The lowest BCUT2D eigenvalue weighted by molar-refractivity contribution is 0.276. The van der Waals surface area contributed by atoms with E-state index in [2.05, 4.69) is 52.8 Å². The number of rotatable bonds is 5. The van der Waals surface area contributed by atoms with Crippen LogP contribution in [0.2, 0.25) is 0 Å². The SMILES string of the molecule is COc1cc(-c2n[nH]c(-c3ncc(N4CCN(C)C[C@H]4C)s3)c2C(C)C)cn2ncnc12. The van der Waals surface area contributed by atoms with Gasteiger partial charge in [0.25, 0.3) is 0 Å². The lowest BCUT2D eigenvalue weighted by atomic mass is 9.97.